The molecule has 1 aliphatic heterocycles. The maximum absolute atomic E-state index is 14.6. The van der Waals surface area contributed by atoms with Gasteiger partial charge in [-0.3, -0.25) is 0 Å². The molecule has 0 unspecified atom stereocenters. The van der Waals surface area contributed by atoms with Crippen LogP contribution in [0.5, 0.6) is 0 Å². The van der Waals surface area contributed by atoms with Crippen molar-refractivity contribution in [3.05, 3.63) is 52.5 Å². The molecule has 1 aliphatic rings. The molecule has 0 bridgehead atoms. The number of carbonyl (C=O) groups is 1. The highest BCUT2D eigenvalue weighted by atomic mass is 19.1. The van der Waals surface area contributed by atoms with Gasteiger partial charge in [0.05, 0.1) is 18.9 Å². The molecule has 2 aromatic rings. The zero-order valence-electron chi connectivity index (χ0n) is 12.4. The van der Waals surface area contributed by atoms with Crippen molar-refractivity contribution in [1.29, 1.82) is 0 Å². The van der Waals surface area contributed by atoms with Gasteiger partial charge in [-0.15, -0.1) is 0 Å². The van der Waals surface area contributed by atoms with E-state index in [2.05, 4.69) is 4.98 Å². The highest BCUT2D eigenvalue weighted by Gasteiger charge is 2.23. The number of halogens is 1. The maximum Gasteiger partial charge on any atom is 0.354 e. The lowest BCUT2D eigenvalue weighted by Gasteiger charge is -2.27. The van der Waals surface area contributed by atoms with Crippen molar-refractivity contribution in [3.8, 4) is 11.3 Å². The normalized spacial score (nSPS) is 14.7. The van der Waals surface area contributed by atoms with Crippen LogP contribution in [-0.2, 0) is 4.74 Å². The third kappa shape index (κ3) is 2.48. The Labute approximate surface area is 127 Å². The molecule has 0 saturated carbocycles. The number of pyridine rings is 1. The van der Waals surface area contributed by atoms with Gasteiger partial charge in [0.1, 0.15) is 11.5 Å². The summed E-state index contributed by atoms with van der Waals surface area (Å²) in [5, 5.41) is 9.07. The Bertz CT molecular complexity index is 731. The quantitative estimate of drug-likeness (QED) is 0.945. The van der Waals surface area contributed by atoms with Crippen LogP contribution in [0.1, 0.15) is 33.1 Å². The third-order valence-corrected chi connectivity index (χ3v) is 3.97. The number of hydrogen-bond acceptors (Lipinski definition) is 3. The monoisotopic (exact) mass is 301 g/mol. The topological polar surface area (TPSA) is 59.4 Å². The van der Waals surface area contributed by atoms with Crippen LogP contribution in [0.25, 0.3) is 11.3 Å². The Balaban J connectivity index is 2.12. The summed E-state index contributed by atoms with van der Waals surface area (Å²) in [6.07, 6.45) is 0. The Hall–Kier alpha value is -2.27. The summed E-state index contributed by atoms with van der Waals surface area (Å²) < 4.78 is 19.7. The van der Waals surface area contributed by atoms with E-state index >= 15 is 0 Å². The fourth-order valence-electron chi connectivity index (χ4n) is 2.64. The molecule has 0 aliphatic carbocycles. The van der Waals surface area contributed by atoms with Gasteiger partial charge >= 0.3 is 5.97 Å². The Morgan fingerprint density at radius 3 is 2.55 bits per heavy atom. The number of aryl methyl sites for hydroxylation is 2. The first kappa shape index (κ1) is 14.7. The van der Waals surface area contributed by atoms with E-state index in [4.69, 9.17) is 9.84 Å². The van der Waals surface area contributed by atoms with Gasteiger partial charge in [-0.1, -0.05) is 12.1 Å². The number of aromatic carboxylic acids is 1. The molecule has 114 valence electrons. The van der Waals surface area contributed by atoms with Crippen LogP contribution in [0.3, 0.4) is 0 Å². The van der Waals surface area contributed by atoms with E-state index in [-0.39, 0.29) is 17.4 Å². The summed E-state index contributed by atoms with van der Waals surface area (Å²) in [6, 6.07) is 6.51. The van der Waals surface area contributed by atoms with Gasteiger partial charge in [0.15, 0.2) is 0 Å². The van der Waals surface area contributed by atoms with E-state index < -0.39 is 5.97 Å². The lowest BCUT2D eigenvalue weighted by atomic mass is 9.92. The average molecular weight is 301 g/mol. The maximum atomic E-state index is 14.6. The summed E-state index contributed by atoms with van der Waals surface area (Å²) in [7, 11) is 0. The predicted octanol–water partition coefficient (Wildman–Crippen LogP) is 3.32. The molecule has 0 amide bonds. The van der Waals surface area contributed by atoms with Crippen LogP contribution < -0.4 is 0 Å². The predicted molar refractivity (Wildman–Crippen MR) is 79.6 cm³/mol. The van der Waals surface area contributed by atoms with Gasteiger partial charge in [0, 0.05) is 11.5 Å². The summed E-state index contributed by atoms with van der Waals surface area (Å²) >= 11 is 0. The Morgan fingerprint density at radius 1 is 1.27 bits per heavy atom. The zero-order valence-corrected chi connectivity index (χ0v) is 12.4. The molecule has 1 aromatic heterocycles. The number of aromatic nitrogens is 1. The van der Waals surface area contributed by atoms with E-state index in [1.807, 2.05) is 13.0 Å². The van der Waals surface area contributed by atoms with Gasteiger partial charge in [-0.05, 0) is 42.7 Å². The molecule has 1 N–H and O–H groups in total. The first-order valence-corrected chi connectivity index (χ1v) is 7.06. The second-order valence-electron chi connectivity index (χ2n) is 5.60. The van der Waals surface area contributed by atoms with E-state index in [9.17, 15) is 9.18 Å². The number of benzene rings is 1. The molecule has 0 spiro atoms. The van der Waals surface area contributed by atoms with Gasteiger partial charge < -0.3 is 9.84 Å². The Morgan fingerprint density at radius 2 is 2.00 bits per heavy atom. The van der Waals surface area contributed by atoms with Crippen molar-refractivity contribution in [1.82, 2.24) is 4.98 Å². The van der Waals surface area contributed by atoms with Gasteiger partial charge in [-0.25, -0.2) is 14.2 Å². The first-order chi connectivity index (χ1) is 10.5. The van der Waals surface area contributed by atoms with Crippen molar-refractivity contribution < 1.29 is 19.0 Å². The number of carboxylic acids is 1. The lowest BCUT2D eigenvalue weighted by molar-refractivity contribution is 0.00831. The SMILES string of the molecule is Cc1ccc(C(=O)O)nc1-c1c(C)cc(C2COC2)cc1F. The number of nitrogens with zero attached hydrogens (tertiary/aromatic N) is 1. The second-order valence-corrected chi connectivity index (χ2v) is 5.60. The number of carboxylic acid groups (broad SMARTS) is 1. The fourth-order valence-corrected chi connectivity index (χ4v) is 2.64. The minimum Gasteiger partial charge on any atom is -0.477 e. The molecule has 0 atom stereocenters. The van der Waals surface area contributed by atoms with E-state index in [0.29, 0.717) is 24.5 Å². The van der Waals surface area contributed by atoms with Gasteiger partial charge in [-0.2, -0.15) is 0 Å². The largest absolute Gasteiger partial charge is 0.477 e. The summed E-state index contributed by atoms with van der Waals surface area (Å²) in [5.41, 5.74) is 3.07. The van der Waals surface area contributed by atoms with Crippen molar-refractivity contribution in [2.75, 3.05) is 13.2 Å². The third-order valence-electron chi connectivity index (χ3n) is 3.97. The molecular formula is C17H16FNO3. The molecular weight excluding hydrogens is 285 g/mol. The number of ether oxygens (including phenoxy) is 1. The molecule has 22 heavy (non-hydrogen) atoms. The summed E-state index contributed by atoms with van der Waals surface area (Å²) in [6.45, 7) is 4.84. The number of hydrogen-bond donors (Lipinski definition) is 1. The highest BCUT2D eigenvalue weighted by Crippen LogP contribution is 2.33. The van der Waals surface area contributed by atoms with Crippen LogP contribution in [0.4, 0.5) is 4.39 Å². The van der Waals surface area contributed by atoms with Crippen molar-refractivity contribution in [2.24, 2.45) is 0 Å². The lowest BCUT2D eigenvalue weighted by Crippen LogP contribution is -2.25. The van der Waals surface area contributed by atoms with Crippen LogP contribution in [0.15, 0.2) is 24.3 Å². The zero-order chi connectivity index (χ0) is 15.9. The summed E-state index contributed by atoms with van der Waals surface area (Å²) in [4.78, 5) is 15.2. The minimum absolute atomic E-state index is 0.0872. The molecule has 1 fully saturated rings. The van der Waals surface area contributed by atoms with E-state index in [1.54, 1.807) is 13.0 Å². The molecule has 2 heterocycles. The van der Waals surface area contributed by atoms with Crippen LogP contribution in [0, 0.1) is 19.7 Å². The molecule has 3 rings (SSSR count). The number of rotatable bonds is 3. The van der Waals surface area contributed by atoms with Crippen LogP contribution in [0.2, 0.25) is 0 Å². The first-order valence-electron chi connectivity index (χ1n) is 7.06. The molecule has 5 heteroatoms. The summed E-state index contributed by atoms with van der Waals surface area (Å²) in [5.74, 6) is -1.26. The minimum atomic E-state index is -1.12. The van der Waals surface area contributed by atoms with Crippen molar-refractivity contribution in [2.45, 2.75) is 19.8 Å². The smallest absolute Gasteiger partial charge is 0.354 e. The van der Waals surface area contributed by atoms with E-state index in [1.165, 1.54) is 12.1 Å². The molecule has 1 aromatic carbocycles. The molecule has 1 saturated heterocycles. The fraction of sp³-hybridized carbons (Fsp3) is 0.294. The van der Waals surface area contributed by atoms with Crippen LogP contribution >= 0.6 is 0 Å². The highest BCUT2D eigenvalue weighted by molar-refractivity contribution is 5.86. The van der Waals surface area contributed by atoms with E-state index in [0.717, 1.165) is 16.7 Å². The molecule has 4 nitrogen and oxygen atoms in total. The van der Waals surface area contributed by atoms with Gasteiger partial charge in [0.2, 0.25) is 0 Å². The second kappa shape index (κ2) is 5.50. The van der Waals surface area contributed by atoms with Crippen molar-refractivity contribution >= 4 is 5.97 Å². The van der Waals surface area contributed by atoms with Gasteiger partial charge in [0.25, 0.3) is 0 Å². The molecule has 0 radical (unpaired) electrons. The van der Waals surface area contributed by atoms with Crippen molar-refractivity contribution in [3.63, 3.8) is 0 Å². The average Bonchev–Trinajstić information content (AvgIpc) is 2.37. The standard InChI is InChI=1S/C17H16FNO3/c1-9-3-4-14(17(20)21)19-16(9)15-10(2)5-11(6-13(15)18)12-7-22-8-12/h3-6,12H,7-8H2,1-2H3,(H,20,21). The van der Waals surface area contributed by atoms with Crippen LogP contribution in [-0.4, -0.2) is 29.3 Å². The Kier molecular flexibility index (Phi) is 3.66.